The van der Waals surface area contributed by atoms with E-state index in [0.717, 1.165) is 44.5 Å². The Labute approximate surface area is 444 Å². The molecule has 0 spiro atoms. The number of hydrogen-bond donors (Lipinski definition) is 12. The summed E-state index contributed by atoms with van der Waals surface area (Å²) in [5, 5.41) is 125. The van der Waals surface area contributed by atoms with E-state index in [1.165, 1.54) is 31.5 Å². The van der Waals surface area contributed by atoms with Gasteiger partial charge in [-0.2, -0.15) is 0 Å². The smallest absolute Gasteiger partial charge is 0.161 e. The van der Waals surface area contributed by atoms with Crippen molar-refractivity contribution in [3.8, 4) is 40.2 Å². The van der Waals surface area contributed by atoms with Gasteiger partial charge in [-0.25, -0.2) is 0 Å². The van der Waals surface area contributed by atoms with Crippen LogP contribution in [0, 0.1) is 20.8 Å². The average Bonchev–Trinajstić information content (AvgIpc) is 3.43. The molecule has 0 aliphatic carbocycles. The molecule has 76 heavy (non-hydrogen) atoms. The number of methoxy groups -OCH3 is 1. The normalized spacial score (nSPS) is 11.4. The number of phenols is 6. The van der Waals surface area contributed by atoms with Crippen molar-refractivity contribution in [1.29, 1.82) is 0 Å². The fourth-order valence-corrected chi connectivity index (χ4v) is 6.24. The van der Waals surface area contributed by atoms with Gasteiger partial charge in [0.1, 0.15) is 34.5 Å². The first kappa shape index (κ1) is 62.4. The molecule has 0 unspecified atom stereocenters. The number of benzene rings is 7. The lowest BCUT2D eigenvalue weighted by atomic mass is 10.0. The quantitative estimate of drug-likeness (QED) is 0.0383. The van der Waals surface area contributed by atoms with Crippen LogP contribution in [0.1, 0.15) is 83.3 Å². The van der Waals surface area contributed by atoms with Crippen molar-refractivity contribution in [3.05, 3.63) is 206 Å². The lowest BCUT2D eigenvalue weighted by Gasteiger charge is -2.06. The van der Waals surface area contributed by atoms with Crippen LogP contribution in [0.3, 0.4) is 0 Å². The summed E-state index contributed by atoms with van der Waals surface area (Å²) in [6.45, 7) is 12.2. The van der Waals surface area contributed by atoms with Crippen molar-refractivity contribution in [3.63, 3.8) is 0 Å². The molecule has 0 saturated heterocycles. The monoisotopic (exact) mass is 1060 g/mol. The van der Waals surface area contributed by atoms with Crippen molar-refractivity contribution in [2.24, 2.45) is 30.9 Å². The van der Waals surface area contributed by atoms with E-state index >= 15 is 0 Å². The number of aromatic hydroxyl groups is 6. The van der Waals surface area contributed by atoms with E-state index < -0.39 is 0 Å². The molecular weight excluding hydrogens is 1000 g/mol. The summed E-state index contributed by atoms with van der Waals surface area (Å²) in [6.07, 6.45) is 1.23. The van der Waals surface area contributed by atoms with Crippen LogP contribution in [0.15, 0.2) is 177 Å². The fraction of sp³-hybridized carbons (Fsp3) is 0.143. The predicted molar refractivity (Wildman–Crippen MR) is 294 cm³/mol. The topological polar surface area (TPSA) is 326 Å². The van der Waals surface area contributed by atoms with Gasteiger partial charge < -0.3 is 66.6 Å². The van der Waals surface area contributed by atoms with E-state index in [1.807, 2.05) is 44.2 Å². The Morgan fingerprint density at radius 3 is 1.28 bits per heavy atom. The molecule has 0 bridgehead atoms. The Morgan fingerprint density at radius 1 is 0.421 bits per heavy atom. The number of oxime groups is 6. The highest BCUT2D eigenvalue weighted by atomic mass is 35.5. The predicted octanol–water partition coefficient (Wildman–Crippen LogP) is 11.8. The maximum atomic E-state index is 9.48. The summed E-state index contributed by atoms with van der Waals surface area (Å²) in [4.78, 5) is 0. The summed E-state index contributed by atoms with van der Waals surface area (Å²) < 4.78 is 4.89. The lowest BCUT2D eigenvalue weighted by molar-refractivity contribution is 0.319. The fourth-order valence-electron chi connectivity index (χ4n) is 6.05. The molecule has 0 aliphatic rings. The van der Waals surface area contributed by atoms with E-state index in [-0.39, 0.29) is 33.8 Å². The maximum absolute atomic E-state index is 9.48. The molecule has 12 N–H and O–H groups in total. The Morgan fingerprint density at radius 2 is 0.829 bits per heavy atom. The maximum Gasteiger partial charge on any atom is 0.161 e. The van der Waals surface area contributed by atoms with Crippen molar-refractivity contribution in [1.82, 2.24) is 0 Å². The minimum atomic E-state index is 0.0155. The number of ether oxygens (including phenoxy) is 1. The summed E-state index contributed by atoms with van der Waals surface area (Å²) in [5.41, 5.74) is 10.3. The third-order valence-corrected chi connectivity index (χ3v) is 10.8. The van der Waals surface area contributed by atoms with Gasteiger partial charge in [0, 0.05) is 16.7 Å². The Kier molecular flexibility index (Phi) is 26.5. The van der Waals surface area contributed by atoms with Gasteiger partial charge in [0.25, 0.3) is 0 Å². The van der Waals surface area contributed by atoms with Crippen LogP contribution in [0.2, 0.25) is 5.02 Å². The van der Waals surface area contributed by atoms with Gasteiger partial charge in [-0.3, -0.25) is 0 Å². The zero-order valence-electron chi connectivity index (χ0n) is 42.8. The van der Waals surface area contributed by atoms with Crippen LogP contribution in [-0.2, 0) is 0 Å². The van der Waals surface area contributed by atoms with Crippen LogP contribution in [0.4, 0.5) is 0 Å². The minimum Gasteiger partial charge on any atom is -0.508 e. The molecule has 19 nitrogen and oxygen atoms in total. The molecule has 0 amide bonds. The number of halogens is 1. The number of phenolic OH excluding ortho intramolecular Hbond substituents is 6. The molecule has 0 fully saturated rings. The molecule has 0 saturated carbocycles. The summed E-state index contributed by atoms with van der Waals surface area (Å²) in [7, 11) is 1.46. The number of rotatable bonds is 8. The Balaban J connectivity index is 0.000000314. The molecule has 7 aromatic rings. The van der Waals surface area contributed by atoms with Gasteiger partial charge in [-0.15, -0.1) is 0 Å². The van der Waals surface area contributed by atoms with Crippen LogP contribution in [0.25, 0.3) is 0 Å². The van der Waals surface area contributed by atoms with Crippen LogP contribution in [0.5, 0.6) is 40.2 Å². The van der Waals surface area contributed by atoms with E-state index in [9.17, 15) is 20.4 Å². The third-order valence-electron chi connectivity index (χ3n) is 10.5. The lowest BCUT2D eigenvalue weighted by Crippen LogP contribution is -2.02. The summed E-state index contributed by atoms with van der Waals surface area (Å²) in [5.74, 6) is 1.40. The first-order chi connectivity index (χ1) is 36.2. The SMILES string of the molecule is C/C(=N/O)c1cc(C)c(O)c(C)c1.C/C(=N/O)c1ccc(O)c(C)c1.C/C(=N/O)c1ccc(O)cc1.COc1cc(/C(C)=N\O)ccc1O.O/N=C(/c1ccccc1)c1ccc(O)cc1.O/N=C\c1ccc(O)c(Cl)c1. The average molecular weight is 1060 g/mol. The standard InChI is InChI=1S/C13H11NO2.C10H13NO2.C9H11NO3.C9H11NO2.C8H9NO2.C7H6ClNO2/c15-12-8-6-11(7-9-12)13(14-16)10-4-2-1-3-5-10;1-6-4-9(8(3)11-13)5-7(2)10(6)12;1-6(10-12)7-3-4-8(11)9(5-7)13-2;1-6-5-8(7(2)10-12)3-4-9(6)11;1-6(9-11)7-2-4-8(10)5-3-7;8-6-3-5(4-9-11)1-2-7(6)10/h1-9,15-16H;4-5,12-13H,1-3H3;3-5,11-12H,1-2H3;3-5,11-12H,1-2H3;2-5,10-11H,1H3;1-4,10-11H/b14-13-;11-8-;10-6-;10-7-;9-6-;9-4-. The van der Waals surface area contributed by atoms with Crippen molar-refractivity contribution in [2.45, 2.75) is 48.5 Å². The molecule has 20 heteroatoms. The molecule has 0 aliphatic heterocycles. The van der Waals surface area contributed by atoms with Gasteiger partial charge in [0.05, 0.1) is 41.2 Å². The highest BCUT2D eigenvalue weighted by molar-refractivity contribution is 6.32. The molecule has 7 rings (SSSR count). The van der Waals surface area contributed by atoms with Gasteiger partial charge >= 0.3 is 0 Å². The zero-order chi connectivity index (χ0) is 56.9. The highest BCUT2D eigenvalue weighted by Crippen LogP contribution is 2.27. The molecular formula is C56H61ClN6O13. The molecule has 0 atom stereocenters. The molecule has 7 aromatic carbocycles. The molecule has 0 radical (unpaired) electrons. The Bertz CT molecular complexity index is 3100. The van der Waals surface area contributed by atoms with E-state index in [4.69, 9.17) is 57.8 Å². The zero-order valence-corrected chi connectivity index (χ0v) is 43.5. The summed E-state index contributed by atoms with van der Waals surface area (Å²) >= 11 is 5.56. The highest BCUT2D eigenvalue weighted by Gasteiger charge is 2.08. The van der Waals surface area contributed by atoms with E-state index in [1.54, 1.807) is 132 Å². The van der Waals surface area contributed by atoms with E-state index in [0.29, 0.717) is 51.2 Å². The molecule has 0 aromatic heterocycles. The second-order valence-corrected chi connectivity index (χ2v) is 16.4. The van der Waals surface area contributed by atoms with Crippen LogP contribution in [-0.4, -0.2) is 104 Å². The van der Waals surface area contributed by atoms with Crippen molar-refractivity contribution >= 4 is 46.4 Å². The third kappa shape index (κ3) is 20.4. The number of aryl methyl sites for hydroxylation is 3. The van der Waals surface area contributed by atoms with Gasteiger partial charge in [-0.1, -0.05) is 72.9 Å². The first-order valence-corrected chi connectivity index (χ1v) is 22.8. The van der Waals surface area contributed by atoms with Crippen molar-refractivity contribution < 1.29 is 66.6 Å². The van der Waals surface area contributed by atoms with Gasteiger partial charge in [0.15, 0.2) is 11.5 Å². The van der Waals surface area contributed by atoms with Crippen molar-refractivity contribution in [2.75, 3.05) is 7.11 Å². The molecule has 400 valence electrons. The van der Waals surface area contributed by atoms with Gasteiger partial charge in [-0.05, 0) is 203 Å². The van der Waals surface area contributed by atoms with Crippen LogP contribution < -0.4 is 4.74 Å². The van der Waals surface area contributed by atoms with Gasteiger partial charge in [0.2, 0.25) is 0 Å². The second kappa shape index (κ2) is 32.3. The second-order valence-electron chi connectivity index (χ2n) is 16.0. The number of nitrogens with zero attached hydrogens (tertiary/aromatic N) is 6. The molecule has 0 heterocycles. The van der Waals surface area contributed by atoms with E-state index in [2.05, 4.69) is 30.9 Å². The van der Waals surface area contributed by atoms with Crippen LogP contribution >= 0.6 is 11.6 Å². The largest absolute Gasteiger partial charge is 0.508 e. The Hall–Kier alpha value is -9.75. The minimum absolute atomic E-state index is 0.0155. The first-order valence-electron chi connectivity index (χ1n) is 22.4. The number of hydrogen-bond acceptors (Lipinski definition) is 19. The summed E-state index contributed by atoms with van der Waals surface area (Å²) in [6, 6.07) is 40.2.